The molecule has 0 saturated carbocycles. The van der Waals surface area contributed by atoms with Crippen molar-refractivity contribution in [3.05, 3.63) is 24.3 Å². The van der Waals surface area contributed by atoms with Crippen LogP contribution in [0, 0.1) is 5.41 Å². The average molecular weight is 214 g/mol. The second kappa shape index (κ2) is 7.23. The van der Waals surface area contributed by atoms with Crippen LogP contribution in [-0.4, -0.2) is 22.3 Å². The minimum atomic E-state index is -0.833. The van der Waals surface area contributed by atoms with E-state index in [1.807, 2.05) is 33.8 Å². The lowest BCUT2D eigenvalue weighted by Crippen LogP contribution is -2.24. The van der Waals surface area contributed by atoms with Gasteiger partial charge >= 0.3 is 0 Å². The number of aliphatic hydroxyl groups excluding tert-OH is 1. The largest absolute Gasteiger partial charge is 0.481 e. The quantitative estimate of drug-likeness (QED) is 0.710. The van der Waals surface area contributed by atoms with Gasteiger partial charge in [-0.25, -0.2) is 0 Å². The Bertz CT molecular complexity index is 231. The summed E-state index contributed by atoms with van der Waals surface area (Å²) in [5.74, 6) is -0.833. The van der Waals surface area contributed by atoms with E-state index in [2.05, 4.69) is 6.58 Å². The third kappa shape index (κ3) is 10.8. The summed E-state index contributed by atoms with van der Waals surface area (Å²) < 4.78 is 0. The monoisotopic (exact) mass is 214 g/mol. The molecule has 3 heteroatoms. The van der Waals surface area contributed by atoms with Gasteiger partial charge in [-0.05, 0) is 13.8 Å². The van der Waals surface area contributed by atoms with Crippen molar-refractivity contribution < 1.29 is 15.0 Å². The summed E-state index contributed by atoms with van der Waals surface area (Å²) in [7, 11) is 0. The molecule has 0 amide bonds. The van der Waals surface area contributed by atoms with Crippen molar-refractivity contribution in [2.45, 2.75) is 40.7 Å². The van der Waals surface area contributed by atoms with Crippen LogP contribution in [0.3, 0.4) is 0 Å². The predicted octanol–water partition coefficient (Wildman–Crippen LogP) is 2.62. The van der Waals surface area contributed by atoms with Gasteiger partial charge in [0.1, 0.15) is 0 Å². The first-order valence-electron chi connectivity index (χ1n) is 4.79. The number of rotatable bonds is 3. The summed E-state index contributed by atoms with van der Waals surface area (Å²) in [6, 6.07) is 0. The third-order valence-electron chi connectivity index (χ3n) is 1.78. The molecule has 2 N–H and O–H groups in total. The van der Waals surface area contributed by atoms with Gasteiger partial charge in [-0.1, -0.05) is 31.6 Å². The van der Waals surface area contributed by atoms with Gasteiger partial charge < -0.3 is 10.2 Å². The molecule has 0 rings (SSSR count). The predicted molar refractivity (Wildman–Crippen MR) is 62.7 cm³/mol. The average Bonchev–Trinajstić information content (AvgIpc) is 2.02. The fourth-order valence-corrected chi connectivity index (χ4v) is 0.651. The number of allylic oxidation sites excluding steroid dienone is 1. The van der Waals surface area contributed by atoms with E-state index in [0.717, 1.165) is 12.5 Å². The van der Waals surface area contributed by atoms with Gasteiger partial charge in [-0.2, -0.15) is 0 Å². The highest BCUT2D eigenvalue weighted by atomic mass is 16.4. The molecular weight excluding hydrogens is 192 g/mol. The number of carboxylic acids is 1. The summed E-state index contributed by atoms with van der Waals surface area (Å²) in [6.07, 6.45) is 3.20. The van der Waals surface area contributed by atoms with E-state index in [-0.39, 0.29) is 5.41 Å². The molecule has 0 aromatic heterocycles. The van der Waals surface area contributed by atoms with Crippen molar-refractivity contribution in [3.8, 4) is 0 Å². The molecule has 0 bridgehead atoms. The van der Waals surface area contributed by atoms with E-state index in [9.17, 15) is 5.11 Å². The molecule has 0 aromatic carbocycles. The second-order valence-corrected chi connectivity index (χ2v) is 4.23. The first kappa shape index (κ1) is 16.3. The SMILES string of the molecule is C=CC(C)(C)[C@@H](O)C=C(C)C.CC(=O)O. The molecule has 0 aliphatic rings. The Kier molecular flexibility index (Phi) is 7.88. The highest BCUT2D eigenvalue weighted by Crippen LogP contribution is 2.23. The molecule has 15 heavy (non-hydrogen) atoms. The maximum atomic E-state index is 9.60. The summed E-state index contributed by atoms with van der Waals surface area (Å²) in [5.41, 5.74) is 0.907. The molecule has 1 atom stereocenters. The molecule has 0 heterocycles. The lowest BCUT2D eigenvalue weighted by molar-refractivity contribution is -0.134. The van der Waals surface area contributed by atoms with Gasteiger partial charge in [0.2, 0.25) is 0 Å². The molecule has 0 aliphatic heterocycles. The van der Waals surface area contributed by atoms with E-state index in [4.69, 9.17) is 9.90 Å². The second-order valence-electron chi connectivity index (χ2n) is 4.23. The van der Waals surface area contributed by atoms with E-state index >= 15 is 0 Å². The first-order valence-corrected chi connectivity index (χ1v) is 4.79. The van der Waals surface area contributed by atoms with Crippen LogP contribution < -0.4 is 0 Å². The molecule has 0 fully saturated rings. The normalized spacial score (nSPS) is 11.9. The van der Waals surface area contributed by atoms with Crippen LogP contribution in [0.25, 0.3) is 0 Å². The topological polar surface area (TPSA) is 57.5 Å². The summed E-state index contributed by atoms with van der Waals surface area (Å²) in [5, 5.41) is 17.0. The van der Waals surface area contributed by atoms with Crippen LogP contribution in [0.1, 0.15) is 34.6 Å². The Balaban J connectivity index is 0. The number of carbonyl (C=O) groups is 1. The highest BCUT2D eigenvalue weighted by molar-refractivity contribution is 5.62. The molecule has 3 nitrogen and oxygen atoms in total. The van der Waals surface area contributed by atoms with E-state index < -0.39 is 12.1 Å². The maximum Gasteiger partial charge on any atom is 0.300 e. The minimum absolute atomic E-state index is 0.225. The van der Waals surface area contributed by atoms with Gasteiger partial charge in [-0.15, -0.1) is 6.58 Å². The van der Waals surface area contributed by atoms with Crippen molar-refractivity contribution in [2.75, 3.05) is 0 Å². The van der Waals surface area contributed by atoms with Gasteiger partial charge in [-0.3, -0.25) is 4.79 Å². The fraction of sp³-hybridized carbons (Fsp3) is 0.583. The molecule has 0 aliphatic carbocycles. The number of hydrogen-bond acceptors (Lipinski definition) is 2. The summed E-state index contributed by atoms with van der Waals surface area (Å²) >= 11 is 0. The van der Waals surface area contributed by atoms with E-state index in [1.54, 1.807) is 6.08 Å². The van der Waals surface area contributed by atoms with Crippen molar-refractivity contribution in [1.82, 2.24) is 0 Å². The Labute approximate surface area is 92.1 Å². The van der Waals surface area contributed by atoms with Crippen LogP contribution in [0.5, 0.6) is 0 Å². The molecule has 0 aromatic rings. The van der Waals surface area contributed by atoms with Crippen LogP contribution >= 0.6 is 0 Å². The van der Waals surface area contributed by atoms with Crippen molar-refractivity contribution in [2.24, 2.45) is 5.41 Å². The Morgan fingerprint density at radius 1 is 1.33 bits per heavy atom. The van der Waals surface area contributed by atoms with Gasteiger partial charge in [0, 0.05) is 12.3 Å². The van der Waals surface area contributed by atoms with E-state index in [0.29, 0.717) is 0 Å². The van der Waals surface area contributed by atoms with Crippen molar-refractivity contribution >= 4 is 5.97 Å². The summed E-state index contributed by atoms with van der Waals surface area (Å²) in [6.45, 7) is 12.6. The molecule has 0 saturated heterocycles. The number of aliphatic carboxylic acids is 1. The Morgan fingerprint density at radius 2 is 1.67 bits per heavy atom. The van der Waals surface area contributed by atoms with Gasteiger partial charge in [0.25, 0.3) is 5.97 Å². The number of aliphatic hydroxyl groups is 1. The molecule has 0 radical (unpaired) electrons. The van der Waals surface area contributed by atoms with Crippen molar-refractivity contribution in [1.29, 1.82) is 0 Å². The fourth-order valence-electron chi connectivity index (χ4n) is 0.651. The minimum Gasteiger partial charge on any atom is -0.481 e. The zero-order chi connectivity index (χ0) is 12.6. The van der Waals surface area contributed by atoms with Gasteiger partial charge in [0.15, 0.2) is 0 Å². The summed E-state index contributed by atoms with van der Waals surface area (Å²) in [4.78, 5) is 9.00. The molecule has 0 spiro atoms. The van der Waals surface area contributed by atoms with Crippen LogP contribution in [-0.2, 0) is 4.79 Å². The lowest BCUT2D eigenvalue weighted by atomic mass is 9.86. The van der Waals surface area contributed by atoms with Crippen LogP contribution in [0.15, 0.2) is 24.3 Å². The molecule has 0 unspecified atom stereocenters. The smallest absolute Gasteiger partial charge is 0.300 e. The first-order chi connectivity index (χ1) is 6.63. The van der Waals surface area contributed by atoms with Crippen LogP contribution in [0.4, 0.5) is 0 Å². The third-order valence-corrected chi connectivity index (χ3v) is 1.78. The van der Waals surface area contributed by atoms with Crippen molar-refractivity contribution in [3.63, 3.8) is 0 Å². The highest BCUT2D eigenvalue weighted by Gasteiger charge is 2.21. The number of carboxylic acid groups (broad SMARTS) is 1. The lowest BCUT2D eigenvalue weighted by Gasteiger charge is -2.24. The van der Waals surface area contributed by atoms with Gasteiger partial charge in [0.05, 0.1) is 6.10 Å². The Morgan fingerprint density at radius 3 is 1.87 bits per heavy atom. The molecular formula is C12H22O3. The zero-order valence-electron chi connectivity index (χ0n) is 10.2. The standard InChI is InChI=1S/C10H18O.C2H4O2/c1-6-10(4,5)9(11)7-8(2)3;1-2(3)4/h6-7,9,11H,1H2,2-5H3;1H3,(H,3,4)/t9-;/m0./s1. The maximum absolute atomic E-state index is 9.60. The molecule has 88 valence electrons. The van der Waals surface area contributed by atoms with Crippen LogP contribution in [0.2, 0.25) is 0 Å². The van der Waals surface area contributed by atoms with E-state index in [1.165, 1.54) is 0 Å². The Hall–Kier alpha value is -1.09. The number of hydrogen-bond donors (Lipinski definition) is 2. The zero-order valence-corrected chi connectivity index (χ0v) is 10.2.